The van der Waals surface area contributed by atoms with Crippen molar-refractivity contribution >= 4 is 35.5 Å². The van der Waals surface area contributed by atoms with Gasteiger partial charge in [-0.3, -0.25) is 0 Å². The maximum atomic E-state index is 11.8. The maximum Gasteiger partial charge on any atom is 0.441 e. The van der Waals surface area contributed by atoms with Crippen LogP contribution < -0.4 is 10.6 Å². The van der Waals surface area contributed by atoms with Crippen molar-refractivity contribution in [3.05, 3.63) is 0 Å². The van der Waals surface area contributed by atoms with Crippen LogP contribution in [0.25, 0.3) is 0 Å². The molecule has 0 rings (SSSR count). The van der Waals surface area contributed by atoms with Crippen molar-refractivity contribution in [3.63, 3.8) is 0 Å². The molecular formula is C9H15F3N2O3S2. The van der Waals surface area contributed by atoms with Crippen LogP contribution in [0.1, 0.15) is 6.42 Å². The molecule has 2 amide bonds. The van der Waals surface area contributed by atoms with Gasteiger partial charge in [0.1, 0.15) is 6.04 Å². The molecule has 0 bridgehead atoms. The number of carbonyl (C=O) groups excluding carboxylic acids is 1. The van der Waals surface area contributed by atoms with E-state index in [4.69, 9.17) is 5.11 Å². The molecule has 10 heteroatoms. The highest BCUT2D eigenvalue weighted by molar-refractivity contribution is 8.00. The molecular weight excluding hydrogens is 305 g/mol. The molecule has 112 valence electrons. The van der Waals surface area contributed by atoms with E-state index in [1.165, 1.54) is 11.8 Å². The van der Waals surface area contributed by atoms with Crippen molar-refractivity contribution in [2.24, 2.45) is 0 Å². The number of aliphatic carboxylic acids is 1. The van der Waals surface area contributed by atoms with Crippen LogP contribution >= 0.6 is 23.5 Å². The normalized spacial score (nSPS) is 12.8. The van der Waals surface area contributed by atoms with Gasteiger partial charge < -0.3 is 15.7 Å². The first kappa shape index (κ1) is 18.2. The monoisotopic (exact) mass is 320 g/mol. The number of urea groups is 1. The minimum atomic E-state index is -4.33. The van der Waals surface area contributed by atoms with E-state index in [-0.39, 0.29) is 30.5 Å². The molecule has 19 heavy (non-hydrogen) atoms. The molecule has 0 saturated heterocycles. The van der Waals surface area contributed by atoms with E-state index in [0.29, 0.717) is 5.75 Å². The Labute approximate surface area is 117 Å². The molecule has 0 aliphatic rings. The molecule has 0 unspecified atom stereocenters. The van der Waals surface area contributed by atoms with Gasteiger partial charge in [-0.15, -0.1) is 0 Å². The lowest BCUT2D eigenvalue weighted by Gasteiger charge is -2.14. The lowest BCUT2D eigenvalue weighted by molar-refractivity contribution is -0.139. The summed E-state index contributed by atoms with van der Waals surface area (Å²) in [6.07, 6.45) is 2.05. The largest absolute Gasteiger partial charge is 0.480 e. The van der Waals surface area contributed by atoms with Gasteiger partial charge in [0.25, 0.3) is 0 Å². The lowest BCUT2D eigenvalue weighted by atomic mass is 10.2. The average Bonchev–Trinajstić information content (AvgIpc) is 2.28. The zero-order valence-electron chi connectivity index (χ0n) is 10.1. The summed E-state index contributed by atoms with van der Waals surface area (Å²) in [6, 6.07) is -1.82. The fourth-order valence-electron chi connectivity index (χ4n) is 1.03. The second-order valence-corrected chi connectivity index (χ2v) is 5.51. The molecule has 0 aromatic carbocycles. The van der Waals surface area contributed by atoms with Gasteiger partial charge in [0.05, 0.1) is 0 Å². The molecule has 0 aromatic heterocycles. The van der Waals surface area contributed by atoms with Crippen LogP contribution in [0.5, 0.6) is 0 Å². The fraction of sp³-hybridized carbons (Fsp3) is 0.778. The molecule has 0 heterocycles. The summed E-state index contributed by atoms with van der Waals surface area (Å²) in [5, 5.41) is 13.2. The Balaban J connectivity index is 3.90. The van der Waals surface area contributed by atoms with E-state index in [1.807, 2.05) is 0 Å². The van der Waals surface area contributed by atoms with E-state index in [9.17, 15) is 22.8 Å². The zero-order chi connectivity index (χ0) is 14.9. The summed E-state index contributed by atoms with van der Waals surface area (Å²) >= 11 is 1.19. The number of carboxylic acids is 1. The number of nitrogens with one attached hydrogen (secondary N) is 2. The summed E-state index contributed by atoms with van der Waals surface area (Å²) in [4.78, 5) is 22.1. The van der Waals surface area contributed by atoms with Gasteiger partial charge >= 0.3 is 17.5 Å². The summed E-state index contributed by atoms with van der Waals surface area (Å²) in [6.45, 7) is -0.190. The number of halogens is 3. The molecule has 0 fully saturated rings. The van der Waals surface area contributed by atoms with E-state index in [0.717, 1.165) is 0 Å². The third-order valence-corrected chi connectivity index (χ3v) is 3.25. The maximum absolute atomic E-state index is 11.8. The first-order chi connectivity index (χ1) is 8.76. The van der Waals surface area contributed by atoms with Crippen molar-refractivity contribution in [2.75, 3.05) is 24.3 Å². The third kappa shape index (κ3) is 10.8. The second kappa shape index (κ2) is 9.18. The quantitative estimate of drug-likeness (QED) is 0.594. The van der Waals surface area contributed by atoms with Crippen molar-refractivity contribution in [1.82, 2.24) is 10.6 Å². The van der Waals surface area contributed by atoms with Gasteiger partial charge in [-0.05, 0) is 30.2 Å². The van der Waals surface area contributed by atoms with Gasteiger partial charge in [-0.1, -0.05) is 0 Å². The Morgan fingerprint density at radius 1 is 1.32 bits per heavy atom. The van der Waals surface area contributed by atoms with Crippen molar-refractivity contribution < 1.29 is 27.9 Å². The van der Waals surface area contributed by atoms with Crippen molar-refractivity contribution in [1.29, 1.82) is 0 Å². The number of amides is 2. The molecule has 0 aliphatic carbocycles. The van der Waals surface area contributed by atoms with E-state index in [2.05, 4.69) is 10.6 Å². The van der Waals surface area contributed by atoms with E-state index < -0.39 is 23.6 Å². The highest BCUT2D eigenvalue weighted by Gasteiger charge is 2.27. The lowest BCUT2D eigenvalue weighted by Crippen LogP contribution is -2.46. The minimum absolute atomic E-state index is 0.190. The summed E-state index contributed by atoms with van der Waals surface area (Å²) < 4.78 is 35.4. The number of carbonyl (C=O) groups is 2. The van der Waals surface area contributed by atoms with E-state index in [1.54, 1.807) is 6.26 Å². The van der Waals surface area contributed by atoms with Crippen LogP contribution in [0, 0.1) is 0 Å². The Hall–Kier alpha value is -0.770. The summed E-state index contributed by atoms with van der Waals surface area (Å²) in [7, 11) is 0. The van der Waals surface area contributed by atoms with Crippen LogP contribution in [0.15, 0.2) is 0 Å². The molecule has 1 atom stereocenters. The molecule has 0 radical (unpaired) electrons. The van der Waals surface area contributed by atoms with Crippen LogP contribution in [-0.4, -0.2) is 53.0 Å². The molecule has 5 nitrogen and oxygen atoms in total. The highest BCUT2D eigenvalue weighted by atomic mass is 32.2. The molecule has 0 aliphatic heterocycles. The summed E-state index contributed by atoms with van der Waals surface area (Å²) in [5.41, 5.74) is -4.33. The van der Waals surface area contributed by atoms with Crippen molar-refractivity contribution in [3.8, 4) is 0 Å². The topological polar surface area (TPSA) is 78.4 Å². The van der Waals surface area contributed by atoms with Gasteiger partial charge in [0.15, 0.2) is 0 Å². The Kier molecular flexibility index (Phi) is 8.81. The number of hydrogen-bond acceptors (Lipinski definition) is 4. The molecule has 0 aromatic rings. The summed E-state index contributed by atoms with van der Waals surface area (Å²) in [5.74, 6) is -0.936. The SMILES string of the molecule is CSCC[C@H](NC(=O)NCCSC(F)(F)F)C(=O)O. The second-order valence-electron chi connectivity index (χ2n) is 3.37. The zero-order valence-corrected chi connectivity index (χ0v) is 11.8. The number of alkyl halides is 3. The van der Waals surface area contributed by atoms with E-state index >= 15 is 0 Å². The number of hydrogen-bond donors (Lipinski definition) is 3. The average molecular weight is 320 g/mol. The Morgan fingerprint density at radius 2 is 1.95 bits per heavy atom. The number of thioether (sulfide) groups is 2. The molecule has 3 N–H and O–H groups in total. The predicted octanol–water partition coefficient (Wildman–Crippen LogP) is 1.74. The Morgan fingerprint density at radius 3 is 2.42 bits per heavy atom. The third-order valence-electron chi connectivity index (χ3n) is 1.87. The van der Waals surface area contributed by atoms with Gasteiger partial charge in [-0.25, -0.2) is 9.59 Å². The Bertz CT molecular complexity index is 303. The van der Waals surface area contributed by atoms with Crippen LogP contribution in [0.3, 0.4) is 0 Å². The number of rotatable bonds is 8. The van der Waals surface area contributed by atoms with Gasteiger partial charge in [0, 0.05) is 12.3 Å². The van der Waals surface area contributed by atoms with Crippen LogP contribution in [0.2, 0.25) is 0 Å². The number of carboxylic acid groups (broad SMARTS) is 1. The van der Waals surface area contributed by atoms with Crippen LogP contribution in [0.4, 0.5) is 18.0 Å². The highest BCUT2D eigenvalue weighted by Crippen LogP contribution is 2.29. The van der Waals surface area contributed by atoms with Gasteiger partial charge in [0.2, 0.25) is 0 Å². The minimum Gasteiger partial charge on any atom is -0.480 e. The van der Waals surface area contributed by atoms with Gasteiger partial charge in [-0.2, -0.15) is 24.9 Å². The fourth-order valence-corrected chi connectivity index (χ4v) is 1.94. The smallest absolute Gasteiger partial charge is 0.441 e. The van der Waals surface area contributed by atoms with Crippen molar-refractivity contribution in [2.45, 2.75) is 18.0 Å². The molecule has 0 spiro atoms. The first-order valence-corrected chi connectivity index (χ1v) is 7.61. The van der Waals surface area contributed by atoms with Crippen LogP contribution in [-0.2, 0) is 4.79 Å². The standard InChI is InChI=1S/C9H15F3N2O3S2/c1-18-4-2-6(7(15)16)14-8(17)13-3-5-19-9(10,11)12/h6H,2-5H2,1H3,(H,15,16)(H2,13,14,17)/t6-/m0/s1. The molecule has 0 saturated carbocycles. The first-order valence-electron chi connectivity index (χ1n) is 5.23. The predicted molar refractivity (Wildman–Crippen MR) is 69.5 cm³/mol.